The van der Waals surface area contributed by atoms with Crippen molar-refractivity contribution in [1.29, 1.82) is 0 Å². The van der Waals surface area contributed by atoms with Crippen molar-refractivity contribution in [2.75, 3.05) is 6.61 Å². The number of benzene rings is 1. The lowest BCUT2D eigenvalue weighted by Crippen LogP contribution is -2.22. The molecule has 0 amide bonds. The number of halogens is 1. The van der Waals surface area contributed by atoms with Gasteiger partial charge in [-0.25, -0.2) is 0 Å². The summed E-state index contributed by atoms with van der Waals surface area (Å²) in [4.78, 5) is 1.28. The first-order valence-electron chi connectivity index (χ1n) is 6.87. The monoisotopic (exact) mass is 299 g/mol. The molecular formula is C15H22ClNOS. The molecule has 1 saturated heterocycles. The van der Waals surface area contributed by atoms with Crippen LogP contribution in [0.15, 0.2) is 23.1 Å². The molecule has 4 heteroatoms. The summed E-state index contributed by atoms with van der Waals surface area (Å²) in [5.74, 6) is 0. The fourth-order valence-electron chi connectivity index (χ4n) is 2.16. The lowest BCUT2D eigenvalue weighted by Gasteiger charge is -2.18. The van der Waals surface area contributed by atoms with Crippen LogP contribution in [0.5, 0.6) is 0 Å². The van der Waals surface area contributed by atoms with Crippen LogP contribution in [-0.4, -0.2) is 24.0 Å². The van der Waals surface area contributed by atoms with Gasteiger partial charge < -0.3 is 10.1 Å². The van der Waals surface area contributed by atoms with Crippen LogP contribution in [0.25, 0.3) is 0 Å². The summed E-state index contributed by atoms with van der Waals surface area (Å²) in [5.41, 5.74) is 1.21. The maximum absolute atomic E-state index is 6.35. The Hall–Kier alpha value is -0.220. The van der Waals surface area contributed by atoms with E-state index in [1.165, 1.54) is 10.5 Å². The average molecular weight is 300 g/mol. The predicted molar refractivity (Wildman–Crippen MR) is 83.1 cm³/mol. The Kier molecular flexibility index (Phi) is 5.58. The van der Waals surface area contributed by atoms with Gasteiger partial charge in [-0.1, -0.05) is 31.5 Å². The molecule has 106 valence electrons. The van der Waals surface area contributed by atoms with Gasteiger partial charge >= 0.3 is 0 Å². The van der Waals surface area contributed by atoms with Gasteiger partial charge in [0.1, 0.15) is 0 Å². The fourth-order valence-corrected chi connectivity index (χ4v) is 3.75. The summed E-state index contributed by atoms with van der Waals surface area (Å²) in [7, 11) is 0. The number of thioether (sulfide) groups is 1. The highest BCUT2D eigenvalue weighted by Crippen LogP contribution is 2.36. The fraction of sp³-hybridized carbons (Fsp3) is 0.600. The van der Waals surface area contributed by atoms with Crippen molar-refractivity contribution in [3.8, 4) is 0 Å². The van der Waals surface area contributed by atoms with Crippen molar-refractivity contribution in [3.63, 3.8) is 0 Å². The molecule has 0 spiro atoms. The zero-order valence-corrected chi connectivity index (χ0v) is 13.4. The van der Waals surface area contributed by atoms with Crippen LogP contribution in [0, 0.1) is 0 Å². The number of hydrogen-bond acceptors (Lipinski definition) is 3. The van der Waals surface area contributed by atoms with Crippen molar-refractivity contribution < 1.29 is 4.74 Å². The van der Waals surface area contributed by atoms with E-state index in [1.807, 2.05) is 23.9 Å². The summed E-state index contributed by atoms with van der Waals surface area (Å²) >= 11 is 8.25. The molecule has 1 aromatic rings. The maximum atomic E-state index is 6.35. The Morgan fingerprint density at radius 3 is 2.89 bits per heavy atom. The topological polar surface area (TPSA) is 21.3 Å². The lowest BCUT2D eigenvalue weighted by atomic mass is 10.2. The van der Waals surface area contributed by atoms with Crippen molar-refractivity contribution in [3.05, 3.63) is 28.8 Å². The van der Waals surface area contributed by atoms with Crippen molar-refractivity contribution in [2.45, 2.75) is 56.0 Å². The molecular weight excluding hydrogens is 278 g/mol. The zero-order valence-electron chi connectivity index (χ0n) is 11.8. The van der Waals surface area contributed by atoms with Gasteiger partial charge in [0.2, 0.25) is 0 Å². The third kappa shape index (κ3) is 4.12. The molecule has 0 aromatic heterocycles. The first-order valence-corrected chi connectivity index (χ1v) is 8.12. The second-order valence-electron chi connectivity index (χ2n) is 5.27. The zero-order chi connectivity index (χ0) is 13.8. The molecule has 19 heavy (non-hydrogen) atoms. The van der Waals surface area contributed by atoms with Crippen LogP contribution >= 0.6 is 23.4 Å². The third-order valence-corrected chi connectivity index (χ3v) is 5.26. The van der Waals surface area contributed by atoms with Gasteiger partial charge in [-0.3, -0.25) is 0 Å². The minimum Gasteiger partial charge on any atom is -0.377 e. The van der Waals surface area contributed by atoms with E-state index in [9.17, 15) is 0 Å². The summed E-state index contributed by atoms with van der Waals surface area (Å²) in [5, 5.41) is 4.84. The highest BCUT2D eigenvalue weighted by molar-refractivity contribution is 8.00. The molecule has 1 fully saturated rings. The van der Waals surface area contributed by atoms with E-state index in [1.54, 1.807) is 0 Å². The first-order chi connectivity index (χ1) is 9.08. The van der Waals surface area contributed by atoms with Gasteiger partial charge in [-0.05, 0) is 31.0 Å². The summed E-state index contributed by atoms with van der Waals surface area (Å²) in [6, 6.07) is 6.63. The Bertz CT molecular complexity index is 425. The minimum absolute atomic E-state index is 0.329. The van der Waals surface area contributed by atoms with E-state index in [2.05, 4.69) is 32.2 Å². The molecule has 2 rings (SSSR count). The quantitative estimate of drug-likeness (QED) is 0.884. The summed E-state index contributed by atoms with van der Waals surface area (Å²) < 4.78 is 5.64. The normalized spacial score (nSPS) is 23.2. The second-order valence-corrected chi connectivity index (χ2v) is 6.96. The van der Waals surface area contributed by atoms with Crippen LogP contribution in [0.4, 0.5) is 0 Å². The summed E-state index contributed by atoms with van der Waals surface area (Å²) in [6.45, 7) is 8.15. The van der Waals surface area contributed by atoms with Gasteiger partial charge in [0.15, 0.2) is 0 Å². The molecule has 1 aromatic carbocycles. The molecule has 2 unspecified atom stereocenters. The lowest BCUT2D eigenvalue weighted by molar-refractivity contribution is 0.127. The Labute approximate surface area is 125 Å². The van der Waals surface area contributed by atoms with Crippen LogP contribution in [0.2, 0.25) is 5.02 Å². The number of rotatable bonds is 5. The predicted octanol–water partition coefficient (Wildman–Crippen LogP) is 4.11. The van der Waals surface area contributed by atoms with Gasteiger partial charge in [0.25, 0.3) is 0 Å². The van der Waals surface area contributed by atoms with Crippen LogP contribution < -0.4 is 5.32 Å². The van der Waals surface area contributed by atoms with E-state index in [0.29, 0.717) is 17.4 Å². The van der Waals surface area contributed by atoms with Gasteiger partial charge in [0, 0.05) is 34.4 Å². The molecule has 1 aliphatic heterocycles. The first kappa shape index (κ1) is 15.2. The molecule has 1 N–H and O–H groups in total. The highest BCUT2D eigenvalue weighted by Gasteiger charge is 2.26. The van der Waals surface area contributed by atoms with E-state index in [-0.39, 0.29) is 0 Å². The molecule has 0 bridgehead atoms. The van der Waals surface area contributed by atoms with E-state index in [0.717, 1.165) is 24.6 Å². The van der Waals surface area contributed by atoms with E-state index in [4.69, 9.17) is 16.3 Å². The van der Waals surface area contributed by atoms with Crippen LogP contribution in [0.3, 0.4) is 0 Å². The molecule has 2 atom stereocenters. The van der Waals surface area contributed by atoms with Crippen molar-refractivity contribution in [2.24, 2.45) is 0 Å². The van der Waals surface area contributed by atoms with Gasteiger partial charge in [-0.2, -0.15) is 0 Å². The van der Waals surface area contributed by atoms with Crippen molar-refractivity contribution >= 4 is 23.4 Å². The Morgan fingerprint density at radius 1 is 1.47 bits per heavy atom. The minimum atomic E-state index is 0.329. The van der Waals surface area contributed by atoms with E-state index >= 15 is 0 Å². The number of ether oxygens (including phenoxy) is 1. The van der Waals surface area contributed by atoms with Crippen molar-refractivity contribution in [1.82, 2.24) is 5.32 Å². The van der Waals surface area contributed by atoms with Gasteiger partial charge in [-0.15, -0.1) is 11.8 Å². The second kappa shape index (κ2) is 6.98. The molecule has 1 heterocycles. The van der Waals surface area contributed by atoms with Crippen LogP contribution in [0.1, 0.15) is 32.8 Å². The number of hydrogen-bond donors (Lipinski definition) is 1. The largest absolute Gasteiger partial charge is 0.377 e. The maximum Gasteiger partial charge on any atom is 0.0669 e. The molecule has 0 radical (unpaired) electrons. The smallest absolute Gasteiger partial charge is 0.0669 e. The summed E-state index contributed by atoms with van der Waals surface area (Å²) in [6.07, 6.45) is 1.45. The third-order valence-electron chi connectivity index (χ3n) is 3.35. The molecule has 1 aliphatic rings. The van der Waals surface area contributed by atoms with Crippen LogP contribution in [-0.2, 0) is 11.3 Å². The highest BCUT2D eigenvalue weighted by atomic mass is 35.5. The number of nitrogens with one attached hydrogen (secondary N) is 1. The molecule has 0 aliphatic carbocycles. The Morgan fingerprint density at radius 2 is 2.26 bits per heavy atom. The van der Waals surface area contributed by atoms with Gasteiger partial charge in [0.05, 0.1) is 6.10 Å². The Balaban J connectivity index is 2.12. The van der Waals surface area contributed by atoms with E-state index < -0.39 is 0 Å². The SMILES string of the molecule is CC(C)NCc1c(Cl)cccc1SC1CCOC1C. The standard InChI is InChI=1S/C15H22ClNOS/c1-10(2)17-9-12-13(16)5-4-6-15(12)19-14-7-8-18-11(14)3/h4-6,10-11,14,17H,7-9H2,1-3H3. The molecule has 0 saturated carbocycles. The molecule has 2 nitrogen and oxygen atoms in total. The average Bonchev–Trinajstić information content (AvgIpc) is 2.74.